The Morgan fingerprint density at radius 3 is 2.96 bits per heavy atom. The van der Waals surface area contributed by atoms with Crippen LogP contribution in [0.5, 0.6) is 0 Å². The fourth-order valence-electron chi connectivity index (χ4n) is 4.10. The standard InChI is InChI=1S/C19H28ClN3O3/c1-22-16-6-3-5-14(20)18(16)15(21-22)11-23-9-7-17(25)19(12-23,13-24)8-4-10-26-2/h3,5-6,17,24-25H,4,7-13H2,1-2H3/t17-,19+/m1/s1. The summed E-state index contributed by atoms with van der Waals surface area (Å²) in [6, 6.07) is 5.83. The average molecular weight is 382 g/mol. The summed E-state index contributed by atoms with van der Waals surface area (Å²) in [5.74, 6) is 0. The molecule has 1 saturated heterocycles. The van der Waals surface area contributed by atoms with Gasteiger partial charge >= 0.3 is 0 Å². The van der Waals surface area contributed by atoms with E-state index in [-0.39, 0.29) is 6.61 Å². The van der Waals surface area contributed by atoms with Crippen LogP contribution in [0.4, 0.5) is 0 Å². The molecule has 2 N–H and O–H groups in total. The van der Waals surface area contributed by atoms with Gasteiger partial charge in [-0.05, 0) is 31.4 Å². The lowest BCUT2D eigenvalue weighted by atomic mass is 9.74. The fraction of sp³-hybridized carbons (Fsp3) is 0.632. The molecule has 2 atom stereocenters. The van der Waals surface area contributed by atoms with E-state index in [2.05, 4.69) is 10.00 Å². The highest BCUT2D eigenvalue weighted by Crippen LogP contribution is 2.36. The Bertz CT molecular complexity index is 751. The predicted octanol–water partition coefficient (Wildman–Crippen LogP) is 2.20. The Morgan fingerprint density at radius 1 is 1.42 bits per heavy atom. The predicted molar refractivity (Wildman–Crippen MR) is 102 cm³/mol. The summed E-state index contributed by atoms with van der Waals surface area (Å²) in [6.07, 6.45) is 1.70. The molecule has 3 rings (SSSR count). The number of fused-ring (bicyclic) bond motifs is 1. The smallest absolute Gasteiger partial charge is 0.0858 e. The Labute approximate surface area is 159 Å². The van der Waals surface area contributed by atoms with E-state index >= 15 is 0 Å². The Morgan fingerprint density at radius 2 is 2.23 bits per heavy atom. The summed E-state index contributed by atoms with van der Waals surface area (Å²) in [4.78, 5) is 2.26. The molecule has 0 saturated carbocycles. The van der Waals surface area contributed by atoms with Crippen molar-refractivity contribution in [2.24, 2.45) is 12.5 Å². The van der Waals surface area contributed by atoms with Crippen molar-refractivity contribution in [3.63, 3.8) is 0 Å². The number of benzene rings is 1. The Kier molecular flexibility index (Phi) is 6.20. The molecule has 1 aliphatic heterocycles. The third-order valence-corrected chi connectivity index (χ3v) is 5.89. The zero-order valence-electron chi connectivity index (χ0n) is 15.5. The molecule has 0 radical (unpaired) electrons. The number of halogens is 1. The number of nitrogens with zero attached hydrogens (tertiary/aromatic N) is 3. The summed E-state index contributed by atoms with van der Waals surface area (Å²) >= 11 is 6.42. The van der Waals surface area contributed by atoms with Gasteiger partial charge in [0.25, 0.3) is 0 Å². The van der Waals surface area contributed by atoms with E-state index in [4.69, 9.17) is 16.3 Å². The number of hydrogen-bond donors (Lipinski definition) is 2. The van der Waals surface area contributed by atoms with Crippen LogP contribution in [0.2, 0.25) is 5.02 Å². The first-order valence-corrected chi connectivity index (χ1v) is 9.49. The zero-order valence-corrected chi connectivity index (χ0v) is 16.2. The topological polar surface area (TPSA) is 70.8 Å². The van der Waals surface area contributed by atoms with Gasteiger partial charge in [0, 0.05) is 51.2 Å². The maximum Gasteiger partial charge on any atom is 0.0858 e. The number of aryl methyl sites for hydroxylation is 1. The van der Waals surface area contributed by atoms with Crippen LogP contribution in [0.1, 0.15) is 25.0 Å². The zero-order chi connectivity index (χ0) is 18.7. The van der Waals surface area contributed by atoms with Crippen LogP contribution < -0.4 is 0 Å². The van der Waals surface area contributed by atoms with Crippen molar-refractivity contribution in [2.45, 2.75) is 31.9 Å². The number of rotatable bonds is 7. The molecule has 0 spiro atoms. The van der Waals surface area contributed by atoms with Crippen LogP contribution >= 0.6 is 11.6 Å². The van der Waals surface area contributed by atoms with Crippen LogP contribution in [-0.2, 0) is 18.3 Å². The van der Waals surface area contributed by atoms with E-state index in [0.29, 0.717) is 31.1 Å². The molecular weight excluding hydrogens is 354 g/mol. The van der Waals surface area contributed by atoms with Gasteiger partial charge in [-0.25, -0.2) is 0 Å². The third kappa shape index (κ3) is 3.75. The van der Waals surface area contributed by atoms with Crippen molar-refractivity contribution < 1.29 is 14.9 Å². The normalized spacial score (nSPS) is 24.4. The summed E-state index contributed by atoms with van der Waals surface area (Å²) in [5, 5.41) is 26.9. The number of likely N-dealkylation sites (tertiary alicyclic amines) is 1. The molecule has 0 bridgehead atoms. The minimum absolute atomic E-state index is 0.0297. The molecule has 1 aromatic heterocycles. The fourth-order valence-corrected chi connectivity index (χ4v) is 4.38. The van der Waals surface area contributed by atoms with E-state index in [9.17, 15) is 10.2 Å². The molecular formula is C19H28ClN3O3. The summed E-state index contributed by atoms with van der Waals surface area (Å²) in [7, 11) is 3.59. The second kappa shape index (κ2) is 8.23. The van der Waals surface area contributed by atoms with Crippen LogP contribution in [0.25, 0.3) is 10.9 Å². The lowest BCUT2D eigenvalue weighted by molar-refractivity contribution is -0.0845. The first-order valence-electron chi connectivity index (χ1n) is 9.11. The van der Waals surface area contributed by atoms with Crippen molar-refractivity contribution >= 4 is 22.5 Å². The van der Waals surface area contributed by atoms with Gasteiger partial charge in [-0.3, -0.25) is 9.58 Å². The highest BCUT2D eigenvalue weighted by Gasteiger charge is 2.42. The van der Waals surface area contributed by atoms with Gasteiger partial charge in [0.2, 0.25) is 0 Å². The van der Waals surface area contributed by atoms with Crippen molar-refractivity contribution in [3.05, 3.63) is 28.9 Å². The quantitative estimate of drug-likeness (QED) is 0.719. The highest BCUT2D eigenvalue weighted by molar-refractivity contribution is 6.35. The molecule has 0 aliphatic carbocycles. The minimum Gasteiger partial charge on any atom is -0.396 e. The number of aromatic nitrogens is 2. The van der Waals surface area contributed by atoms with Crippen LogP contribution in [0.15, 0.2) is 18.2 Å². The molecule has 7 heteroatoms. The number of aliphatic hydroxyl groups excluding tert-OH is 2. The lowest BCUT2D eigenvalue weighted by Gasteiger charge is -2.45. The molecule has 0 amide bonds. The van der Waals surface area contributed by atoms with Gasteiger partial charge in [0.15, 0.2) is 0 Å². The molecule has 1 aromatic carbocycles. The summed E-state index contributed by atoms with van der Waals surface area (Å²) in [5.41, 5.74) is 1.44. The Balaban J connectivity index is 1.80. The maximum absolute atomic E-state index is 10.6. The molecule has 0 unspecified atom stereocenters. The second-order valence-corrected chi connectivity index (χ2v) is 7.74. The van der Waals surface area contributed by atoms with Crippen molar-refractivity contribution in [2.75, 3.05) is 33.4 Å². The van der Waals surface area contributed by atoms with Gasteiger partial charge < -0.3 is 14.9 Å². The van der Waals surface area contributed by atoms with Gasteiger partial charge in [-0.1, -0.05) is 17.7 Å². The molecule has 1 fully saturated rings. The molecule has 1 aliphatic rings. The van der Waals surface area contributed by atoms with Crippen LogP contribution in [-0.4, -0.2) is 64.4 Å². The third-order valence-electron chi connectivity index (χ3n) is 5.58. The van der Waals surface area contributed by atoms with Gasteiger partial charge in [-0.15, -0.1) is 0 Å². The minimum atomic E-state index is -0.509. The first kappa shape index (κ1) is 19.6. The second-order valence-electron chi connectivity index (χ2n) is 7.34. The van der Waals surface area contributed by atoms with E-state index in [1.54, 1.807) is 7.11 Å². The van der Waals surface area contributed by atoms with Crippen molar-refractivity contribution in [3.8, 4) is 0 Å². The van der Waals surface area contributed by atoms with Gasteiger partial charge in [0.05, 0.1) is 28.9 Å². The summed E-state index contributed by atoms with van der Waals surface area (Å²) < 4.78 is 6.99. The van der Waals surface area contributed by atoms with E-state index < -0.39 is 11.5 Å². The molecule has 144 valence electrons. The molecule has 6 nitrogen and oxygen atoms in total. The van der Waals surface area contributed by atoms with Crippen LogP contribution in [0, 0.1) is 5.41 Å². The number of aliphatic hydroxyl groups is 2. The largest absolute Gasteiger partial charge is 0.396 e. The van der Waals surface area contributed by atoms with Crippen LogP contribution in [0.3, 0.4) is 0 Å². The van der Waals surface area contributed by atoms with Crippen molar-refractivity contribution in [1.29, 1.82) is 0 Å². The van der Waals surface area contributed by atoms with Gasteiger partial charge in [0.1, 0.15) is 0 Å². The molecule has 2 aromatic rings. The van der Waals surface area contributed by atoms with E-state index in [1.165, 1.54) is 0 Å². The Hall–Kier alpha value is -1.18. The van der Waals surface area contributed by atoms with Crippen molar-refractivity contribution in [1.82, 2.24) is 14.7 Å². The average Bonchev–Trinajstić information content (AvgIpc) is 2.95. The monoisotopic (exact) mass is 381 g/mol. The van der Waals surface area contributed by atoms with E-state index in [1.807, 2.05) is 29.9 Å². The maximum atomic E-state index is 10.6. The first-order chi connectivity index (χ1) is 12.5. The van der Waals surface area contributed by atoms with Gasteiger partial charge in [-0.2, -0.15) is 5.10 Å². The number of ether oxygens (including phenoxy) is 1. The molecule has 2 heterocycles. The number of hydrogen-bond acceptors (Lipinski definition) is 5. The SMILES string of the molecule is COCCC[C@@]1(CO)CN(Cc2nn(C)c3cccc(Cl)c23)CC[C@H]1O. The van der Waals surface area contributed by atoms with E-state index in [0.717, 1.165) is 36.0 Å². The lowest BCUT2D eigenvalue weighted by Crippen LogP contribution is -2.53. The number of methoxy groups -OCH3 is 1. The summed E-state index contributed by atoms with van der Waals surface area (Å²) in [6.45, 7) is 2.67. The number of piperidine rings is 1. The molecule has 26 heavy (non-hydrogen) atoms. The highest BCUT2D eigenvalue weighted by atomic mass is 35.5.